The molecule has 4 atom stereocenters. The molecule has 1 aromatic carbocycles. The first-order valence-electron chi connectivity index (χ1n) is 10.1. The van der Waals surface area contributed by atoms with E-state index in [2.05, 4.69) is 25.7 Å². The molecule has 0 radical (unpaired) electrons. The molecule has 1 N–H and O–H groups in total. The third kappa shape index (κ3) is 3.60. The number of benzene rings is 1. The number of aliphatic hydroxyl groups is 1. The van der Waals surface area contributed by atoms with Gasteiger partial charge in [-0.05, 0) is 62.5 Å². The molecule has 2 aliphatic rings. The Bertz CT molecular complexity index is 731. The van der Waals surface area contributed by atoms with E-state index in [-0.39, 0.29) is 17.3 Å². The fourth-order valence-electron chi connectivity index (χ4n) is 5.40. The van der Waals surface area contributed by atoms with Crippen LogP contribution in [-0.4, -0.2) is 10.9 Å². The van der Waals surface area contributed by atoms with Gasteiger partial charge in [0.05, 0.1) is 5.60 Å². The highest BCUT2D eigenvalue weighted by Gasteiger charge is 2.49. The zero-order valence-electron chi connectivity index (χ0n) is 16.6. The number of rotatable bonds is 2. The molecule has 2 nitrogen and oxygen atoms in total. The topological polar surface area (TPSA) is 37.3 Å². The predicted octanol–water partition coefficient (Wildman–Crippen LogP) is 5.08. The minimum absolute atomic E-state index is 0.109. The van der Waals surface area contributed by atoms with Crippen LogP contribution in [0.25, 0.3) is 0 Å². The summed E-state index contributed by atoms with van der Waals surface area (Å²) in [6.07, 6.45) is 6.33. The molecule has 1 aromatic rings. The van der Waals surface area contributed by atoms with Crippen LogP contribution in [0.5, 0.6) is 0 Å². The van der Waals surface area contributed by atoms with E-state index in [1.807, 2.05) is 24.3 Å². The molecule has 3 rings (SSSR count). The summed E-state index contributed by atoms with van der Waals surface area (Å²) in [7, 11) is 0. The van der Waals surface area contributed by atoms with Crippen molar-refractivity contribution in [2.45, 2.75) is 71.8 Å². The third-order valence-corrected chi connectivity index (χ3v) is 6.80. The number of hydrogen-bond donors (Lipinski definition) is 1. The van der Waals surface area contributed by atoms with Crippen molar-refractivity contribution in [1.29, 1.82) is 0 Å². The van der Waals surface area contributed by atoms with Crippen LogP contribution in [0, 0.1) is 35.0 Å². The van der Waals surface area contributed by atoms with E-state index >= 15 is 0 Å². The van der Waals surface area contributed by atoms with Gasteiger partial charge in [0.25, 0.3) is 0 Å². The number of ketones is 1. The predicted molar refractivity (Wildman–Crippen MR) is 106 cm³/mol. The van der Waals surface area contributed by atoms with E-state index in [9.17, 15) is 9.90 Å². The molecular formula is C24H32O2. The second-order valence-corrected chi connectivity index (χ2v) is 9.08. The summed E-state index contributed by atoms with van der Waals surface area (Å²) in [4.78, 5) is 12.5. The smallest absolute Gasteiger partial charge is 0.136 e. The van der Waals surface area contributed by atoms with Crippen molar-refractivity contribution in [2.24, 2.45) is 23.2 Å². The standard InChI is InChI=1S/C24H32O2/c1-17(14-15-18-9-5-6-10-20(18)23(2,3)26)19-11-7-12-21-22(25)13-8-16-24(19,21)4/h5-6,9-10,17,19,21,26H,7-8,11-13,16H2,1-4H3. The Morgan fingerprint density at radius 1 is 1.23 bits per heavy atom. The molecule has 2 saturated carbocycles. The lowest BCUT2D eigenvalue weighted by molar-refractivity contribution is -0.136. The van der Waals surface area contributed by atoms with Gasteiger partial charge in [-0.2, -0.15) is 0 Å². The highest BCUT2D eigenvalue weighted by molar-refractivity contribution is 5.82. The van der Waals surface area contributed by atoms with Crippen molar-refractivity contribution >= 4 is 5.78 Å². The molecule has 0 bridgehead atoms. The van der Waals surface area contributed by atoms with Crippen molar-refractivity contribution in [3.8, 4) is 11.8 Å². The minimum Gasteiger partial charge on any atom is -0.386 e. The van der Waals surface area contributed by atoms with Crippen molar-refractivity contribution in [1.82, 2.24) is 0 Å². The average molecular weight is 353 g/mol. The molecule has 0 spiro atoms. The molecule has 2 heteroatoms. The van der Waals surface area contributed by atoms with Crippen LogP contribution in [0.3, 0.4) is 0 Å². The Hall–Kier alpha value is -1.59. The van der Waals surface area contributed by atoms with E-state index < -0.39 is 5.60 Å². The molecule has 0 saturated heterocycles. The monoisotopic (exact) mass is 352 g/mol. The Morgan fingerprint density at radius 2 is 1.96 bits per heavy atom. The van der Waals surface area contributed by atoms with Crippen LogP contribution in [-0.2, 0) is 10.4 Å². The maximum atomic E-state index is 12.5. The average Bonchev–Trinajstić information content (AvgIpc) is 2.58. The van der Waals surface area contributed by atoms with Crippen LogP contribution in [0.1, 0.15) is 77.3 Å². The lowest BCUT2D eigenvalue weighted by Crippen LogP contribution is -2.47. The van der Waals surface area contributed by atoms with Gasteiger partial charge < -0.3 is 5.11 Å². The van der Waals surface area contributed by atoms with Gasteiger partial charge in [0, 0.05) is 23.8 Å². The molecule has 0 amide bonds. The second kappa shape index (κ2) is 7.20. The lowest BCUT2D eigenvalue weighted by atomic mass is 9.53. The highest BCUT2D eigenvalue weighted by atomic mass is 16.3. The summed E-state index contributed by atoms with van der Waals surface area (Å²) in [5.41, 5.74) is 0.994. The van der Waals surface area contributed by atoms with E-state index in [0.717, 1.165) is 43.2 Å². The number of hydrogen-bond acceptors (Lipinski definition) is 2. The van der Waals surface area contributed by atoms with E-state index in [1.54, 1.807) is 13.8 Å². The Balaban J connectivity index is 1.86. The molecule has 0 aliphatic heterocycles. The summed E-state index contributed by atoms with van der Waals surface area (Å²) in [6.45, 7) is 8.16. The first-order valence-corrected chi connectivity index (χ1v) is 10.1. The molecule has 140 valence electrons. The number of carbonyl (C=O) groups is 1. The fraction of sp³-hybridized carbons (Fsp3) is 0.625. The number of fused-ring (bicyclic) bond motifs is 1. The fourth-order valence-corrected chi connectivity index (χ4v) is 5.40. The quantitative estimate of drug-likeness (QED) is 0.754. The SMILES string of the molecule is CC(C#Cc1ccccc1C(C)(C)O)C1CCCC2C(=O)CCCC21C. The van der Waals surface area contributed by atoms with Crippen molar-refractivity contribution in [3.05, 3.63) is 35.4 Å². The van der Waals surface area contributed by atoms with Gasteiger partial charge in [0.15, 0.2) is 0 Å². The van der Waals surface area contributed by atoms with Gasteiger partial charge in [0.2, 0.25) is 0 Å². The number of Topliss-reactive ketones (excluding diaryl/α,β-unsaturated/α-hetero) is 1. The number of carbonyl (C=O) groups excluding carboxylic acids is 1. The van der Waals surface area contributed by atoms with E-state index in [1.165, 1.54) is 6.42 Å². The maximum absolute atomic E-state index is 12.5. The van der Waals surface area contributed by atoms with Gasteiger partial charge in [0.1, 0.15) is 5.78 Å². The van der Waals surface area contributed by atoms with Gasteiger partial charge in [-0.1, -0.05) is 50.3 Å². The second-order valence-electron chi connectivity index (χ2n) is 9.08. The lowest BCUT2D eigenvalue weighted by Gasteiger charge is -2.51. The Labute approximate surface area is 158 Å². The molecular weight excluding hydrogens is 320 g/mol. The van der Waals surface area contributed by atoms with E-state index in [0.29, 0.717) is 11.7 Å². The van der Waals surface area contributed by atoms with E-state index in [4.69, 9.17) is 0 Å². The highest BCUT2D eigenvalue weighted by Crippen LogP contribution is 2.54. The maximum Gasteiger partial charge on any atom is 0.136 e. The summed E-state index contributed by atoms with van der Waals surface area (Å²) in [5.74, 6) is 8.28. The first kappa shape index (κ1) is 19.2. The normalized spacial score (nSPS) is 30.1. The Morgan fingerprint density at radius 3 is 2.69 bits per heavy atom. The zero-order valence-corrected chi connectivity index (χ0v) is 16.6. The summed E-state index contributed by atoms with van der Waals surface area (Å²) >= 11 is 0. The molecule has 4 unspecified atom stereocenters. The van der Waals surface area contributed by atoms with Gasteiger partial charge in [-0.25, -0.2) is 0 Å². The summed E-state index contributed by atoms with van der Waals surface area (Å²) in [5, 5.41) is 10.4. The van der Waals surface area contributed by atoms with Gasteiger partial charge in [-0.15, -0.1) is 0 Å². The third-order valence-electron chi connectivity index (χ3n) is 6.80. The van der Waals surface area contributed by atoms with Crippen LogP contribution >= 0.6 is 0 Å². The van der Waals surface area contributed by atoms with Gasteiger partial charge >= 0.3 is 0 Å². The van der Waals surface area contributed by atoms with Crippen LogP contribution in [0.15, 0.2) is 24.3 Å². The summed E-state index contributed by atoms with van der Waals surface area (Å²) in [6, 6.07) is 7.86. The summed E-state index contributed by atoms with van der Waals surface area (Å²) < 4.78 is 0. The van der Waals surface area contributed by atoms with Gasteiger partial charge in [-0.3, -0.25) is 4.79 Å². The van der Waals surface area contributed by atoms with Crippen LogP contribution in [0.2, 0.25) is 0 Å². The minimum atomic E-state index is -0.897. The van der Waals surface area contributed by atoms with Crippen LogP contribution < -0.4 is 0 Å². The van der Waals surface area contributed by atoms with Crippen molar-refractivity contribution in [2.75, 3.05) is 0 Å². The zero-order chi connectivity index (χ0) is 18.9. The molecule has 26 heavy (non-hydrogen) atoms. The molecule has 0 aromatic heterocycles. The Kier molecular flexibility index (Phi) is 5.31. The first-order chi connectivity index (χ1) is 12.2. The molecule has 2 aliphatic carbocycles. The largest absolute Gasteiger partial charge is 0.386 e. The van der Waals surface area contributed by atoms with Crippen molar-refractivity contribution in [3.63, 3.8) is 0 Å². The molecule has 2 fully saturated rings. The van der Waals surface area contributed by atoms with Crippen molar-refractivity contribution < 1.29 is 9.90 Å². The molecule has 0 heterocycles. The van der Waals surface area contributed by atoms with Crippen LogP contribution in [0.4, 0.5) is 0 Å².